The maximum atomic E-state index is 2.55. The number of hydrogen-bond donors (Lipinski definition) is 0. The van der Waals surface area contributed by atoms with Crippen molar-refractivity contribution in [1.82, 2.24) is 0 Å². The Morgan fingerprint density at radius 1 is 0.800 bits per heavy atom. The van der Waals surface area contributed by atoms with Gasteiger partial charge in [-0.05, 0) is 12.2 Å². The molecule has 0 saturated carbocycles. The van der Waals surface area contributed by atoms with Gasteiger partial charge in [0.2, 0.25) is 0 Å². The summed E-state index contributed by atoms with van der Waals surface area (Å²) >= 11 is 0. The minimum Gasteiger partial charge on any atom is -0.0926 e. The smallest absolute Gasteiger partial charge is 0.0926 e. The monoisotopic (exact) mass is 278 g/mol. The van der Waals surface area contributed by atoms with Crippen LogP contribution >= 0.6 is 0 Å². The Hall–Kier alpha value is -0.195. The molecule has 3 atom stereocenters. The van der Waals surface area contributed by atoms with E-state index in [1.165, 1.54) is 25.7 Å². The highest BCUT2D eigenvalue weighted by molar-refractivity contribution is 6.64. The molecule has 0 amide bonds. The maximum absolute atomic E-state index is 2.55. The Balaban J connectivity index is 5.18. The van der Waals surface area contributed by atoms with Crippen molar-refractivity contribution in [3.63, 3.8) is 0 Å². The Morgan fingerprint density at radius 3 is 1.65 bits per heavy atom. The van der Waals surface area contributed by atoms with Gasteiger partial charge < -0.3 is 0 Å². The van der Waals surface area contributed by atoms with Gasteiger partial charge in [0.25, 0.3) is 0 Å². The maximum Gasteiger partial charge on any atom is 0.153 e. The molecule has 0 saturated heterocycles. The molecule has 3 unspecified atom stereocenters. The summed E-state index contributed by atoms with van der Waals surface area (Å²) < 4.78 is 0. The number of unbranched alkanes of at least 4 members (excludes halogenated alkanes) is 1. The van der Waals surface area contributed by atoms with Crippen LogP contribution in [0.1, 0.15) is 81.1 Å². The summed E-state index contributed by atoms with van der Waals surface area (Å²) in [4.78, 5) is 0. The van der Waals surface area contributed by atoms with Gasteiger partial charge in [0.15, 0.2) is 6.71 Å². The Labute approximate surface area is 129 Å². The van der Waals surface area contributed by atoms with E-state index >= 15 is 0 Å². The number of rotatable bonds is 10. The Kier molecular flexibility index (Phi) is 10.4. The lowest BCUT2D eigenvalue weighted by atomic mass is 9.25. The molecule has 20 heavy (non-hydrogen) atoms. The molecule has 0 heterocycles. The first-order chi connectivity index (χ1) is 9.36. The van der Waals surface area contributed by atoms with E-state index < -0.39 is 0 Å². The van der Waals surface area contributed by atoms with Crippen LogP contribution in [-0.4, -0.2) is 6.71 Å². The highest BCUT2D eigenvalue weighted by Crippen LogP contribution is 2.41. The summed E-state index contributed by atoms with van der Waals surface area (Å²) in [5.74, 6) is 3.92. The Bertz CT molecular complexity index is 240. The predicted molar refractivity (Wildman–Crippen MR) is 97.0 cm³/mol. The van der Waals surface area contributed by atoms with Gasteiger partial charge in [-0.15, -0.1) is 0 Å². The predicted octanol–water partition coefficient (Wildman–Crippen LogP) is 7.10. The summed E-state index contributed by atoms with van der Waals surface area (Å²) in [6.07, 6.45) is 10.1. The zero-order valence-corrected chi connectivity index (χ0v) is 15.4. The molecular formula is C19H39B. The van der Waals surface area contributed by atoms with E-state index in [4.69, 9.17) is 0 Å². The first-order valence-electron chi connectivity index (χ1n) is 9.03. The van der Waals surface area contributed by atoms with E-state index in [0.717, 1.165) is 36.0 Å². The van der Waals surface area contributed by atoms with Gasteiger partial charge in [0.05, 0.1) is 0 Å². The minimum absolute atomic E-state index is 0.765. The van der Waals surface area contributed by atoms with Crippen LogP contribution in [-0.2, 0) is 0 Å². The van der Waals surface area contributed by atoms with Crippen LogP contribution in [0, 0.1) is 11.8 Å². The van der Waals surface area contributed by atoms with Crippen molar-refractivity contribution in [1.29, 1.82) is 0 Å². The summed E-state index contributed by atoms with van der Waals surface area (Å²) in [5, 5.41) is 0. The van der Waals surface area contributed by atoms with E-state index in [9.17, 15) is 0 Å². The molecule has 0 rings (SSSR count). The van der Waals surface area contributed by atoms with E-state index in [-0.39, 0.29) is 0 Å². The second-order valence-corrected chi connectivity index (χ2v) is 7.45. The third kappa shape index (κ3) is 6.50. The molecule has 0 spiro atoms. The van der Waals surface area contributed by atoms with Gasteiger partial charge in [-0.1, -0.05) is 110 Å². The van der Waals surface area contributed by atoms with Gasteiger partial charge in [-0.25, -0.2) is 0 Å². The highest BCUT2D eigenvalue weighted by atomic mass is 14.2. The summed E-state index contributed by atoms with van der Waals surface area (Å²) in [7, 11) is 0. The van der Waals surface area contributed by atoms with Crippen LogP contribution in [0.25, 0.3) is 0 Å². The standard InChI is InChI=1S/C19H39B/c1-9-11-12-14-19(13-10-2)20(17(7)15(3)4)18(8)16(5)6/h12,14-19H,9-11,13H2,1-8H3/b14-12-. The second kappa shape index (κ2) is 10.5. The van der Waals surface area contributed by atoms with Crippen molar-refractivity contribution in [2.75, 3.05) is 0 Å². The molecule has 0 bridgehead atoms. The molecule has 1 heteroatoms. The van der Waals surface area contributed by atoms with Gasteiger partial charge in [0, 0.05) is 0 Å². The van der Waals surface area contributed by atoms with Crippen molar-refractivity contribution < 1.29 is 0 Å². The number of hydrogen-bond acceptors (Lipinski definition) is 0. The van der Waals surface area contributed by atoms with Gasteiger partial charge >= 0.3 is 0 Å². The molecule has 0 aromatic rings. The molecule has 0 aromatic carbocycles. The quantitative estimate of drug-likeness (QED) is 0.295. The average Bonchev–Trinajstić information content (AvgIpc) is 2.38. The zero-order valence-electron chi connectivity index (χ0n) is 15.4. The molecule has 0 radical (unpaired) electrons. The highest BCUT2D eigenvalue weighted by Gasteiger charge is 2.35. The van der Waals surface area contributed by atoms with Crippen molar-refractivity contribution in [3.8, 4) is 0 Å². The third-order valence-electron chi connectivity index (χ3n) is 5.27. The first-order valence-corrected chi connectivity index (χ1v) is 9.03. The van der Waals surface area contributed by atoms with Crippen molar-refractivity contribution in [3.05, 3.63) is 12.2 Å². The SMILES string of the molecule is CCC/C=C\C(CCC)B(C(C)C(C)C)C(C)C(C)C. The number of allylic oxidation sites excluding steroid dienone is 2. The lowest BCUT2D eigenvalue weighted by Crippen LogP contribution is -2.34. The van der Waals surface area contributed by atoms with Crippen LogP contribution in [0.15, 0.2) is 12.2 Å². The van der Waals surface area contributed by atoms with Crippen LogP contribution in [0.4, 0.5) is 0 Å². The third-order valence-corrected chi connectivity index (χ3v) is 5.27. The molecule has 0 aromatic heterocycles. The lowest BCUT2D eigenvalue weighted by molar-refractivity contribution is 0.548. The van der Waals surface area contributed by atoms with Crippen LogP contribution in [0.5, 0.6) is 0 Å². The van der Waals surface area contributed by atoms with Crippen molar-refractivity contribution in [2.24, 2.45) is 11.8 Å². The Morgan fingerprint density at radius 2 is 1.30 bits per heavy atom. The van der Waals surface area contributed by atoms with Crippen LogP contribution < -0.4 is 0 Å². The van der Waals surface area contributed by atoms with Gasteiger partial charge in [-0.2, -0.15) is 0 Å². The van der Waals surface area contributed by atoms with Gasteiger partial charge in [0.1, 0.15) is 0 Å². The fourth-order valence-corrected chi connectivity index (χ4v) is 3.34. The molecular weight excluding hydrogens is 239 g/mol. The fraction of sp³-hybridized carbons (Fsp3) is 0.895. The largest absolute Gasteiger partial charge is 0.153 e. The van der Waals surface area contributed by atoms with E-state index in [2.05, 4.69) is 67.5 Å². The lowest BCUT2D eigenvalue weighted by Gasteiger charge is -2.36. The normalized spacial score (nSPS) is 16.9. The minimum atomic E-state index is 0.765. The molecule has 0 aliphatic carbocycles. The second-order valence-electron chi connectivity index (χ2n) is 7.45. The van der Waals surface area contributed by atoms with Crippen molar-refractivity contribution >= 4 is 6.71 Å². The first kappa shape index (κ1) is 19.8. The summed E-state index contributed by atoms with van der Waals surface area (Å²) in [6.45, 7) is 19.9. The molecule has 0 aliphatic heterocycles. The topological polar surface area (TPSA) is 0 Å². The fourth-order valence-electron chi connectivity index (χ4n) is 3.34. The van der Waals surface area contributed by atoms with E-state index in [1.807, 2.05) is 0 Å². The van der Waals surface area contributed by atoms with Gasteiger partial charge in [-0.3, -0.25) is 0 Å². The van der Waals surface area contributed by atoms with Crippen LogP contribution in [0.2, 0.25) is 17.5 Å². The zero-order chi connectivity index (χ0) is 15.7. The molecule has 0 aliphatic rings. The average molecular weight is 278 g/mol. The van der Waals surface area contributed by atoms with E-state index in [0.29, 0.717) is 0 Å². The van der Waals surface area contributed by atoms with Crippen molar-refractivity contribution in [2.45, 2.75) is 98.5 Å². The molecule has 0 fully saturated rings. The molecule has 118 valence electrons. The van der Waals surface area contributed by atoms with E-state index in [1.54, 1.807) is 0 Å². The molecule has 0 N–H and O–H groups in total. The summed E-state index contributed by atoms with van der Waals surface area (Å²) in [6, 6.07) is 0. The molecule has 0 nitrogen and oxygen atoms in total. The van der Waals surface area contributed by atoms with Crippen LogP contribution in [0.3, 0.4) is 0 Å². The summed E-state index contributed by atoms with van der Waals surface area (Å²) in [5.41, 5.74) is 0.